The van der Waals surface area contributed by atoms with Crippen LogP contribution in [0.2, 0.25) is 0 Å². The summed E-state index contributed by atoms with van der Waals surface area (Å²) in [6, 6.07) is 14.0. The largest absolute Gasteiger partial charge is 0.494 e. The van der Waals surface area contributed by atoms with Crippen molar-refractivity contribution in [1.29, 1.82) is 0 Å². The molecule has 112 valence electrons. The number of rotatable bonds is 6. The van der Waals surface area contributed by atoms with E-state index in [0.29, 0.717) is 6.61 Å². The van der Waals surface area contributed by atoms with Gasteiger partial charge in [0, 0.05) is 16.1 Å². The first-order chi connectivity index (χ1) is 10.1. The fraction of sp³-hybridized carbons (Fsp3) is 0.294. The lowest BCUT2D eigenvalue weighted by molar-refractivity contribution is 0.339. The molecule has 0 aromatic heterocycles. The topological polar surface area (TPSA) is 30.5 Å². The van der Waals surface area contributed by atoms with E-state index in [1.54, 1.807) is 0 Å². The standard InChI is InChI=1S/C17H20BrNO2/c1-4-20-14-6-8-15(9-7-14)21-17-11-13(18)5-10-16(17)12(2)19-3/h5-12,19H,4H2,1-3H3. The lowest BCUT2D eigenvalue weighted by Crippen LogP contribution is -2.13. The summed E-state index contributed by atoms with van der Waals surface area (Å²) in [5.74, 6) is 2.49. The summed E-state index contributed by atoms with van der Waals surface area (Å²) in [6.45, 7) is 4.74. The highest BCUT2D eigenvalue weighted by Gasteiger charge is 2.11. The molecule has 0 aliphatic heterocycles. The second kappa shape index (κ2) is 7.48. The lowest BCUT2D eigenvalue weighted by Gasteiger charge is -2.17. The zero-order chi connectivity index (χ0) is 15.2. The number of hydrogen-bond acceptors (Lipinski definition) is 3. The molecule has 0 fully saturated rings. The van der Waals surface area contributed by atoms with Crippen molar-refractivity contribution in [3.63, 3.8) is 0 Å². The molecule has 0 amide bonds. The fourth-order valence-electron chi connectivity index (χ4n) is 2.01. The quantitative estimate of drug-likeness (QED) is 0.802. The molecule has 0 saturated heterocycles. The van der Waals surface area contributed by atoms with E-state index in [4.69, 9.17) is 9.47 Å². The van der Waals surface area contributed by atoms with E-state index < -0.39 is 0 Å². The van der Waals surface area contributed by atoms with E-state index in [-0.39, 0.29) is 6.04 Å². The van der Waals surface area contributed by atoms with Crippen molar-refractivity contribution < 1.29 is 9.47 Å². The predicted octanol–water partition coefficient (Wildman–Crippen LogP) is 4.92. The summed E-state index contributed by atoms with van der Waals surface area (Å²) >= 11 is 3.49. The Kier molecular flexibility index (Phi) is 5.65. The van der Waals surface area contributed by atoms with Gasteiger partial charge in [-0.05, 0) is 57.3 Å². The molecule has 1 atom stereocenters. The van der Waals surface area contributed by atoms with Crippen molar-refractivity contribution in [2.45, 2.75) is 19.9 Å². The molecule has 0 aliphatic carbocycles. The molecule has 2 rings (SSSR count). The Bertz CT molecular complexity index is 584. The van der Waals surface area contributed by atoms with Gasteiger partial charge in [-0.1, -0.05) is 22.0 Å². The Labute approximate surface area is 134 Å². The van der Waals surface area contributed by atoms with Crippen molar-refractivity contribution in [2.24, 2.45) is 0 Å². The van der Waals surface area contributed by atoms with E-state index in [1.165, 1.54) is 0 Å². The molecule has 0 aliphatic rings. The van der Waals surface area contributed by atoms with Gasteiger partial charge in [-0.25, -0.2) is 0 Å². The molecule has 1 N–H and O–H groups in total. The Morgan fingerprint density at radius 3 is 2.38 bits per heavy atom. The average molecular weight is 350 g/mol. The van der Waals surface area contributed by atoms with Crippen molar-refractivity contribution >= 4 is 15.9 Å². The van der Waals surface area contributed by atoms with E-state index in [2.05, 4.69) is 34.2 Å². The van der Waals surface area contributed by atoms with Gasteiger partial charge < -0.3 is 14.8 Å². The number of ether oxygens (including phenoxy) is 2. The van der Waals surface area contributed by atoms with Gasteiger partial charge in [0.2, 0.25) is 0 Å². The number of halogens is 1. The van der Waals surface area contributed by atoms with Crippen LogP contribution in [0.1, 0.15) is 25.5 Å². The van der Waals surface area contributed by atoms with Crippen LogP contribution in [0, 0.1) is 0 Å². The number of nitrogens with one attached hydrogen (secondary N) is 1. The van der Waals surface area contributed by atoms with Crippen molar-refractivity contribution in [1.82, 2.24) is 5.32 Å². The molecule has 0 heterocycles. The average Bonchev–Trinajstić information content (AvgIpc) is 2.49. The molecule has 0 spiro atoms. The summed E-state index contributed by atoms with van der Waals surface area (Å²) in [6.07, 6.45) is 0. The van der Waals surface area contributed by atoms with Crippen LogP contribution in [0.25, 0.3) is 0 Å². The van der Waals surface area contributed by atoms with Crippen LogP contribution < -0.4 is 14.8 Å². The highest BCUT2D eigenvalue weighted by molar-refractivity contribution is 9.10. The highest BCUT2D eigenvalue weighted by atomic mass is 79.9. The van der Waals surface area contributed by atoms with Crippen LogP contribution in [0.5, 0.6) is 17.2 Å². The van der Waals surface area contributed by atoms with Gasteiger partial charge in [-0.15, -0.1) is 0 Å². The summed E-state index contributed by atoms with van der Waals surface area (Å²) in [4.78, 5) is 0. The molecule has 0 bridgehead atoms. The van der Waals surface area contributed by atoms with Gasteiger partial charge in [-0.3, -0.25) is 0 Å². The molecule has 4 heteroatoms. The minimum absolute atomic E-state index is 0.218. The molecular weight excluding hydrogens is 330 g/mol. The van der Waals surface area contributed by atoms with Crippen LogP contribution in [0.15, 0.2) is 46.9 Å². The molecule has 0 saturated carbocycles. The van der Waals surface area contributed by atoms with E-state index in [0.717, 1.165) is 27.3 Å². The zero-order valence-electron chi connectivity index (χ0n) is 12.5. The number of benzene rings is 2. The fourth-order valence-corrected chi connectivity index (χ4v) is 2.35. The minimum Gasteiger partial charge on any atom is -0.494 e. The summed E-state index contributed by atoms with van der Waals surface area (Å²) < 4.78 is 12.5. The van der Waals surface area contributed by atoms with Gasteiger partial charge in [0.15, 0.2) is 0 Å². The predicted molar refractivity (Wildman–Crippen MR) is 89.3 cm³/mol. The first kappa shape index (κ1) is 15.9. The lowest BCUT2D eigenvalue weighted by atomic mass is 10.1. The maximum absolute atomic E-state index is 6.02. The first-order valence-corrected chi connectivity index (χ1v) is 7.80. The van der Waals surface area contributed by atoms with Crippen LogP contribution in [-0.2, 0) is 0 Å². The molecule has 2 aromatic carbocycles. The minimum atomic E-state index is 0.218. The van der Waals surface area contributed by atoms with Crippen LogP contribution in [-0.4, -0.2) is 13.7 Å². The normalized spacial score (nSPS) is 12.0. The van der Waals surface area contributed by atoms with E-state index in [1.807, 2.05) is 50.4 Å². The Morgan fingerprint density at radius 2 is 1.76 bits per heavy atom. The smallest absolute Gasteiger partial charge is 0.133 e. The maximum Gasteiger partial charge on any atom is 0.133 e. The van der Waals surface area contributed by atoms with Gasteiger partial charge in [0.25, 0.3) is 0 Å². The Balaban J connectivity index is 2.23. The van der Waals surface area contributed by atoms with Gasteiger partial charge in [-0.2, -0.15) is 0 Å². The third kappa shape index (κ3) is 4.22. The second-order valence-corrected chi connectivity index (χ2v) is 5.61. The first-order valence-electron chi connectivity index (χ1n) is 7.01. The van der Waals surface area contributed by atoms with Gasteiger partial charge in [0.05, 0.1) is 6.61 Å². The van der Waals surface area contributed by atoms with Crippen LogP contribution >= 0.6 is 15.9 Å². The molecule has 0 radical (unpaired) electrons. The third-order valence-electron chi connectivity index (χ3n) is 3.24. The molecule has 3 nitrogen and oxygen atoms in total. The molecule has 1 unspecified atom stereocenters. The SMILES string of the molecule is CCOc1ccc(Oc2cc(Br)ccc2C(C)NC)cc1. The summed E-state index contributed by atoms with van der Waals surface area (Å²) in [7, 11) is 1.94. The summed E-state index contributed by atoms with van der Waals surface area (Å²) in [5.41, 5.74) is 1.12. The van der Waals surface area contributed by atoms with Gasteiger partial charge in [0.1, 0.15) is 17.2 Å². The Hall–Kier alpha value is -1.52. The Morgan fingerprint density at radius 1 is 1.10 bits per heavy atom. The molecular formula is C17H20BrNO2. The molecule has 21 heavy (non-hydrogen) atoms. The molecule has 2 aromatic rings. The van der Waals surface area contributed by atoms with Crippen LogP contribution in [0.4, 0.5) is 0 Å². The van der Waals surface area contributed by atoms with Crippen molar-refractivity contribution in [3.8, 4) is 17.2 Å². The zero-order valence-corrected chi connectivity index (χ0v) is 14.1. The maximum atomic E-state index is 6.02. The van der Waals surface area contributed by atoms with Crippen molar-refractivity contribution in [2.75, 3.05) is 13.7 Å². The van der Waals surface area contributed by atoms with E-state index >= 15 is 0 Å². The number of hydrogen-bond donors (Lipinski definition) is 1. The summed E-state index contributed by atoms with van der Waals surface area (Å²) in [5, 5.41) is 3.24. The highest BCUT2D eigenvalue weighted by Crippen LogP contribution is 2.32. The third-order valence-corrected chi connectivity index (χ3v) is 3.73. The monoisotopic (exact) mass is 349 g/mol. The second-order valence-electron chi connectivity index (χ2n) is 4.70. The van der Waals surface area contributed by atoms with Crippen LogP contribution in [0.3, 0.4) is 0 Å². The van der Waals surface area contributed by atoms with Gasteiger partial charge >= 0.3 is 0 Å². The van der Waals surface area contributed by atoms with E-state index in [9.17, 15) is 0 Å². The van der Waals surface area contributed by atoms with Crippen molar-refractivity contribution in [3.05, 3.63) is 52.5 Å².